The Bertz CT molecular complexity index is 639. The maximum atomic E-state index is 12.1. The summed E-state index contributed by atoms with van der Waals surface area (Å²) in [5.41, 5.74) is 2.11. The van der Waals surface area contributed by atoms with Crippen LogP contribution in [0.3, 0.4) is 0 Å². The number of fused-ring (bicyclic) bond motifs is 1. The van der Waals surface area contributed by atoms with Gasteiger partial charge in [0.15, 0.2) is 0 Å². The maximum Gasteiger partial charge on any atom is 0.222 e. The number of para-hydroxylation sites is 2. The molecule has 0 aliphatic carbocycles. The van der Waals surface area contributed by atoms with Crippen molar-refractivity contribution in [1.29, 1.82) is 0 Å². The summed E-state index contributed by atoms with van der Waals surface area (Å²) in [6, 6.07) is 8.56. The number of hydrogen-bond acceptors (Lipinski definition) is 3. The van der Waals surface area contributed by atoms with Gasteiger partial charge in [0.25, 0.3) is 0 Å². The number of imidazole rings is 1. The predicted octanol–water partition coefficient (Wildman–Crippen LogP) is 2.54. The molecule has 1 N–H and O–H groups in total. The summed E-state index contributed by atoms with van der Waals surface area (Å²) in [5.74, 6) is 1.32. The minimum absolute atomic E-state index is 0.355. The molecule has 0 saturated carbocycles. The van der Waals surface area contributed by atoms with E-state index in [4.69, 9.17) is 0 Å². The zero-order valence-corrected chi connectivity index (χ0v) is 12.8. The van der Waals surface area contributed by atoms with Crippen LogP contribution in [0.5, 0.6) is 0 Å². The Kier molecular flexibility index (Phi) is 3.48. The average Bonchev–Trinajstić information content (AvgIpc) is 2.99. The molecule has 22 heavy (non-hydrogen) atoms. The van der Waals surface area contributed by atoms with E-state index in [0.717, 1.165) is 68.7 Å². The Labute approximate surface area is 130 Å². The molecule has 4 rings (SSSR count). The van der Waals surface area contributed by atoms with Gasteiger partial charge in [-0.1, -0.05) is 12.1 Å². The van der Waals surface area contributed by atoms with Crippen LogP contribution >= 0.6 is 0 Å². The lowest BCUT2D eigenvalue weighted by Crippen LogP contribution is -2.49. The molecule has 1 aromatic carbocycles. The number of carbonyl (C=O) groups is 1. The quantitative estimate of drug-likeness (QED) is 0.927. The van der Waals surface area contributed by atoms with Crippen molar-refractivity contribution in [2.24, 2.45) is 0 Å². The number of likely N-dealkylation sites (tertiary alicyclic amines) is 1. The lowest BCUT2D eigenvalue weighted by Gasteiger charge is -2.40. The van der Waals surface area contributed by atoms with Crippen molar-refractivity contribution in [2.45, 2.75) is 38.1 Å². The molecule has 1 aromatic heterocycles. The van der Waals surface area contributed by atoms with Gasteiger partial charge < -0.3 is 14.8 Å². The Hall–Kier alpha value is -2.04. The van der Waals surface area contributed by atoms with E-state index in [1.54, 1.807) is 0 Å². The molecular formula is C17H22N4O. The maximum absolute atomic E-state index is 12.1. The summed E-state index contributed by atoms with van der Waals surface area (Å²) in [6.07, 6.45) is 5.05. The third-order valence-electron chi connectivity index (χ3n) is 4.94. The van der Waals surface area contributed by atoms with Crippen LogP contribution in [0.25, 0.3) is 11.0 Å². The van der Waals surface area contributed by atoms with Gasteiger partial charge in [-0.05, 0) is 37.8 Å². The van der Waals surface area contributed by atoms with Crippen LogP contribution in [0.4, 0.5) is 5.95 Å². The molecule has 0 spiro atoms. The number of rotatable bonds is 2. The number of aromatic nitrogens is 2. The van der Waals surface area contributed by atoms with E-state index >= 15 is 0 Å². The molecule has 2 aliphatic rings. The van der Waals surface area contributed by atoms with Crippen LogP contribution in [0, 0.1) is 0 Å². The van der Waals surface area contributed by atoms with Crippen molar-refractivity contribution in [3.05, 3.63) is 24.3 Å². The number of amides is 1. The molecule has 0 bridgehead atoms. The van der Waals surface area contributed by atoms with Crippen LogP contribution < -0.4 is 4.90 Å². The Balaban J connectivity index is 1.44. The molecule has 0 unspecified atom stereocenters. The van der Waals surface area contributed by atoms with Gasteiger partial charge in [-0.3, -0.25) is 4.79 Å². The van der Waals surface area contributed by atoms with Crippen molar-refractivity contribution >= 4 is 22.9 Å². The summed E-state index contributed by atoms with van der Waals surface area (Å²) in [5, 5.41) is 0. The third-order valence-corrected chi connectivity index (χ3v) is 4.94. The number of piperidine rings is 2. The molecule has 2 aliphatic heterocycles. The van der Waals surface area contributed by atoms with Crippen molar-refractivity contribution in [3.63, 3.8) is 0 Å². The van der Waals surface area contributed by atoms with E-state index in [9.17, 15) is 4.79 Å². The number of anilines is 1. The number of carbonyl (C=O) groups excluding carboxylic acids is 1. The lowest BCUT2D eigenvalue weighted by atomic mass is 10.00. The Morgan fingerprint density at radius 1 is 1.09 bits per heavy atom. The first kappa shape index (κ1) is 13.6. The highest BCUT2D eigenvalue weighted by Gasteiger charge is 2.30. The van der Waals surface area contributed by atoms with Crippen LogP contribution in [0.1, 0.15) is 32.1 Å². The first-order chi connectivity index (χ1) is 10.8. The van der Waals surface area contributed by atoms with E-state index in [-0.39, 0.29) is 0 Å². The highest BCUT2D eigenvalue weighted by atomic mass is 16.2. The summed E-state index contributed by atoms with van der Waals surface area (Å²) < 4.78 is 0. The standard InChI is InChI=1S/C17H22N4O/c22-16-7-3-4-10-21(16)13-8-11-20(12-9-13)17-18-14-5-1-2-6-15(14)19-17/h1-2,5-6,13H,3-4,7-12H2,(H,18,19). The van der Waals surface area contributed by atoms with Gasteiger partial charge in [-0.2, -0.15) is 0 Å². The minimum atomic E-state index is 0.355. The largest absolute Gasteiger partial charge is 0.342 e. The second-order valence-corrected chi connectivity index (χ2v) is 6.34. The van der Waals surface area contributed by atoms with E-state index in [1.165, 1.54) is 0 Å². The van der Waals surface area contributed by atoms with Gasteiger partial charge >= 0.3 is 0 Å². The fourth-order valence-corrected chi connectivity index (χ4v) is 3.69. The summed E-state index contributed by atoms with van der Waals surface area (Å²) >= 11 is 0. The van der Waals surface area contributed by atoms with Crippen LogP contribution in [0.2, 0.25) is 0 Å². The summed E-state index contributed by atoms with van der Waals surface area (Å²) in [4.78, 5) is 24.6. The van der Waals surface area contributed by atoms with Gasteiger partial charge in [0.2, 0.25) is 11.9 Å². The molecule has 0 atom stereocenters. The molecule has 3 heterocycles. The second kappa shape index (κ2) is 5.63. The molecule has 2 fully saturated rings. The number of benzene rings is 1. The predicted molar refractivity (Wildman–Crippen MR) is 86.9 cm³/mol. The van der Waals surface area contributed by atoms with Crippen molar-refractivity contribution in [3.8, 4) is 0 Å². The first-order valence-electron chi connectivity index (χ1n) is 8.30. The number of H-pyrrole nitrogens is 1. The highest BCUT2D eigenvalue weighted by Crippen LogP contribution is 2.25. The van der Waals surface area contributed by atoms with Crippen molar-refractivity contribution < 1.29 is 4.79 Å². The highest BCUT2D eigenvalue weighted by molar-refractivity contribution is 5.78. The van der Waals surface area contributed by atoms with Crippen LogP contribution in [-0.4, -0.2) is 46.5 Å². The van der Waals surface area contributed by atoms with Gasteiger partial charge in [0.1, 0.15) is 0 Å². The topological polar surface area (TPSA) is 52.2 Å². The van der Waals surface area contributed by atoms with Crippen molar-refractivity contribution in [1.82, 2.24) is 14.9 Å². The summed E-state index contributed by atoms with van der Waals surface area (Å²) in [6.45, 7) is 2.89. The number of aromatic amines is 1. The molecule has 0 radical (unpaired) electrons. The number of nitrogens with one attached hydrogen (secondary N) is 1. The smallest absolute Gasteiger partial charge is 0.222 e. The van der Waals surface area contributed by atoms with Gasteiger partial charge in [-0.15, -0.1) is 0 Å². The van der Waals surface area contributed by atoms with Crippen LogP contribution in [-0.2, 0) is 4.79 Å². The fourth-order valence-electron chi connectivity index (χ4n) is 3.69. The molecule has 5 heteroatoms. The Morgan fingerprint density at radius 3 is 2.68 bits per heavy atom. The van der Waals surface area contributed by atoms with Gasteiger partial charge in [-0.25, -0.2) is 4.98 Å². The second-order valence-electron chi connectivity index (χ2n) is 6.34. The molecule has 5 nitrogen and oxygen atoms in total. The zero-order valence-electron chi connectivity index (χ0n) is 12.8. The van der Waals surface area contributed by atoms with E-state index in [2.05, 4.69) is 25.8 Å². The third kappa shape index (κ3) is 2.45. The first-order valence-corrected chi connectivity index (χ1v) is 8.30. The van der Waals surface area contributed by atoms with E-state index < -0.39 is 0 Å². The Morgan fingerprint density at radius 2 is 1.91 bits per heavy atom. The summed E-state index contributed by atoms with van der Waals surface area (Å²) in [7, 11) is 0. The molecular weight excluding hydrogens is 276 g/mol. The van der Waals surface area contributed by atoms with Gasteiger partial charge in [0, 0.05) is 32.1 Å². The molecule has 1 amide bonds. The molecule has 2 aromatic rings. The minimum Gasteiger partial charge on any atom is -0.342 e. The number of hydrogen-bond donors (Lipinski definition) is 1. The average molecular weight is 298 g/mol. The fraction of sp³-hybridized carbons (Fsp3) is 0.529. The zero-order chi connectivity index (χ0) is 14.9. The lowest BCUT2D eigenvalue weighted by molar-refractivity contribution is -0.136. The molecule has 2 saturated heterocycles. The van der Waals surface area contributed by atoms with Crippen LogP contribution in [0.15, 0.2) is 24.3 Å². The van der Waals surface area contributed by atoms with E-state index in [1.807, 2.05) is 18.2 Å². The molecule has 116 valence electrons. The monoisotopic (exact) mass is 298 g/mol. The van der Waals surface area contributed by atoms with E-state index in [0.29, 0.717) is 11.9 Å². The SMILES string of the molecule is O=C1CCCCN1C1CCN(c2nc3ccccc3[nH]2)CC1. The van der Waals surface area contributed by atoms with Gasteiger partial charge in [0.05, 0.1) is 11.0 Å². The normalized spacial score (nSPS) is 20.8. The van der Waals surface area contributed by atoms with Crippen molar-refractivity contribution in [2.75, 3.05) is 24.5 Å². The number of nitrogens with zero attached hydrogens (tertiary/aromatic N) is 3.